The first kappa shape index (κ1) is 15.0. The van der Waals surface area contributed by atoms with Gasteiger partial charge in [0.15, 0.2) is 0 Å². The molecule has 0 fully saturated rings. The van der Waals surface area contributed by atoms with E-state index in [0.29, 0.717) is 29.7 Å². The molecule has 0 aliphatic carbocycles. The van der Waals surface area contributed by atoms with Crippen LogP contribution in [0.5, 0.6) is 0 Å². The van der Waals surface area contributed by atoms with Gasteiger partial charge in [0.1, 0.15) is 5.82 Å². The third kappa shape index (κ3) is 3.84. The minimum absolute atomic E-state index is 0.563. The molecular formula is C15H12BrClN4O. The van der Waals surface area contributed by atoms with E-state index >= 15 is 0 Å². The standard InChI is InChI=1S/C15H12BrClN4O/c16-11-3-6-13(19-9-11)18-8-7-14-20-15(21-22-14)10-1-4-12(17)5-2-10/h1-6,9H,7-8H2,(H,18,19). The minimum Gasteiger partial charge on any atom is -0.370 e. The molecule has 0 amide bonds. The molecule has 3 rings (SSSR count). The number of hydrogen-bond acceptors (Lipinski definition) is 5. The average Bonchev–Trinajstić information content (AvgIpc) is 2.99. The SMILES string of the molecule is Clc1ccc(-c2noc(CCNc3ccc(Br)cn3)n2)cc1. The Morgan fingerprint density at radius 3 is 2.68 bits per heavy atom. The predicted molar refractivity (Wildman–Crippen MR) is 88.9 cm³/mol. The summed E-state index contributed by atoms with van der Waals surface area (Å²) in [6, 6.07) is 11.2. The number of nitrogens with one attached hydrogen (secondary N) is 1. The Kier molecular flexibility index (Phi) is 4.70. The van der Waals surface area contributed by atoms with Crippen molar-refractivity contribution in [2.24, 2.45) is 0 Å². The van der Waals surface area contributed by atoms with Gasteiger partial charge < -0.3 is 9.84 Å². The Morgan fingerprint density at radius 1 is 1.14 bits per heavy atom. The van der Waals surface area contributed by atoms with Crippen LogP contribution in [-0.2, 0) is 6.42 Å². The molecule has 2 aromatic heterocycles. The monoisotopic (exact) mass is 378 g/mol. The third-order valence-corrected chi connectivity index (χ3v) is 3.66. The lowest BCUT2D eigenvalue weighted by Gasteiger charge is -2.02. The Morgan fingerprint density at radius 2 is 1.95 bits per heavy atom. The summed E-state index contributed by atoms with van der Waals surface area (Å²) < 4.78 is 6.19. The van der Waals surface area contributed by atoms with Gasteiger partial charge in [-0.25, -0.2) is 4.98 Å². The second-order valence-corrected chi connectivity index (χ2v) is 5.91. The van der Waals surface area contributed by atoms with Crippen molar-refractivity contribution in [3.05, 3.63) is 58.0 Å². The highest BCUT2D eigenvalue weighted by molar-refractivity contribution is 9.10. The Labute approximate surface area is 140 Å². The first-order chi connectivity index (χ1) is 10.7. The van der Waals surface area contributed by atoms with Crippen LogP contribution in [-0.4, -0.2) is 21.7 Å². The summed E-state index contributed by atoms with van der Waals surface area (Å²) >= 11 is 9.21. The number of halogens is 2. The van der Waals surface area contributed by atoms with E-state index in [4.69, 9.17) is 16.1 Å². The van der Waals surface area contributed by atoms with E-state index in [1.54, 1.807) is 18.3 Å². The van der Waals surface area contributed by atoms with Crippen LogP contribution in [0, 0.1) is 0 Å². The molecule has 0 atom stereocenters. The number of benzene rings is 1. The Hall–Kier alpha value is -1.92. The fourth-order valence-corrected chi connectivity index (χ4v) is 2.21. The van der Waals surface area contributed by atoms with Crippen molar-refractivity contribution < 1.29 is 4.52 Å². The van der Waals surface area contributed by atoms with Crippen molar-refractivity contribution in [1.29, 1.82) is 0 Å². The van der Waals surface area contributed by atoms with Gasteiger partial charge in [0, 0.05) is 34.2 Å². The van der Waals surface area contributed by atoms with Gasteiger partial charge in [-0.2, -0.15) is 4.98 Å². The van der Waals surface area contributed by atoms with Gasteiger partial charge in [0.2, 0.25) is 11.7 Å². The number of nitrogens with zero attached hydrogens (tertiary/aromatic N) is 3. The van der Waals surface area contributed by atoms with Crippen molar-refractivity contribution >= 4 is 33.3 Å². The van der Waals surface area contributed by atoms with E-state index in [-0.39, 0.29) is 0 Å². The molecule has 3 aromatic rings. The van der Waals surface area contributed by atoms with Crippen LogP contribution in [0.3, 0.4) is 0 Å². The lowest BCUT2D eigenvalue weighted by molar-refractivity contribution is 0.381. The molecule has 1 aromatic carbocycles. The maximum Gasteiger partial charge on any atom is 0.228 e. The zero-order chi connectivity index (χ0) is 15.4. The van der Waals surface area contributed by atoms with Gasteiger partial charge in [-0.3, -0.25) is 0 Å². The molecule has 0 aliphatic rings. The van der Waals surface area contributed by atoms with E-state index < -0.39 is 0 Å². The molecule has 7 heteroatoms. The zero-order valence-electron chi connectivity index (χ0n) is 11.5. The van der Waals surface area contributed by atoms with E-state index in [9.17, 15) is 0 Å². The highest BCUT2D eigenvalue weighted by atomic mass is 79.9. The minimum atomic E-state index is 0.563. The first-order valence-corrected chi connectivity index (χ1v) is 7.82. The van der Waals surface area contributed by atoms with Crippen LogP contribution in [0.2, 0.25) is 5.02 Å². The largest absolute Gasteiger partial charge is 0.370 e. The van der Waals surface area contributed by atoms with E-state index in [0.717, 1.165) is 15.9 Å². The number of hydrogen-bond donors (Lipinski definition) is 1. The maximum absolute atomic E-state index is 5.86. The zero-order valence-corrected chi connectivity index (χ0v) is 13.8. The summed E-state index contributed by atoms with van der Waals surface area (Å²) in [4.78, 5) is 8.60. The van der Waals surface area contributed by atoms with Crippen molar-refractivity contribution in [1.82, 2.24) is 15.1 Å². The Balaban J connectivity index is 1.57. The molecule has 5 nitrogen and oxygen atoms in total. The lowest BCUT2D eigenvalue weighted by Crippen LogP contribution is -2.06. The third-order valence-electron chi connectivity index (χ3n) is 2.94. The van der Waals surface area contributed by atoms with E-state index in [1.807, 2.05) is 24.3 Å². The van der Waals surface area contributed by atoms with Crippen molar-refractivity contribution in [3.63, 3.8) is 0 Å². The Bertz CT molecular complexity index is 743. The first-order valence-electron chi connectivity index (χ1n) is 6.65. The highest BCUT2D eigenvalue weighted by Gasteiger charge is 2.08. The molecule has 22 heavy (non-hydrogen) atoms. The van der Waals surface area contributed by atoms with Crippen LogP contribution in [0.4, 0.5) is 5.82 Å². The number of rotatable bonds is 5. The highest BCUT2D eigenvalue weighted by Crippen LogP contribution is 2.18. The molecular weight excluding hydrogens is 368 g/mol. The van der Waals surface area contributed by atoms with Gasteiger partial charge in [0.25, 0.3) is 0 Å². The summed E-state index contributed by atoms with van der Waals surface area (Å²) in [6.45, 7) is 0.664. The van der Waals surface area contributed by atoms with Crippen LogP contribution in [0.15, 0.2) is 51.6 Å². The molecule has 0 aliphatic heterocycles. The van der Waals surface area contributed by atoms with Crippen LogP contribution in [0.25, 0.3) is 11.4 Å². The summed E-state index contributed by atoms with van der Waals surface area (Å²) in [5.41, 5.74) is 0.877. The summed E-state index contributed by atoms with van der Waals surface area (Å²) in [6.07, 6.45) is 2.37. The van der Waals surface area contributed by atoms with Crippen molar-refractivity contribution in [2.75, 3.05) is 11.9 Å². The fraction of sp³-hybridized carbons (Fsp3) is 0.133. The van der Waals surface area contributed by atoms with Gasteiger partial charge >= 0.3 is 0 Å². The number of anilines is 1. The van der Waals surface area contributed by atoms with Gasteiger partial charge in [-0.15, -0.1) is 0 Å². The number of aromatic nitrogens is 3. The van der Waals surface area contributed by atoms with E-state index in [1.165, 1.54) is 0 Å². The summed E-state index contributed by atoms with van der Waals surface area (Å²) in [5, 5.41) is 7.85. The molecule has 0 saturated carbocycles. The predicted octanol–water partition coefficient (Wildman–Crippen LogP) is 4.20. The smallest absolute Gasteiger partial charge is 0.228 e. The molecule has 0 unspecified atom stereocenters. The second kappa shape index (κ2) is 6.89. The van der Waals surface area contributed by atoms with Crippen LogP contribution >= 0.6 is 27.5 Å². The van der Waals surface area contributed by atoms with Crippen molar-refractivity contribution in [2.45, 2.75) is 6.42 Å². The second-order valence-electron chi connectivity index (χ2n) is 4.56. The normalized spacial score (nSPS) is 10.6. The van der Waals surface area contributed by atoms with Crippen LogP contribution < -0.4 is 5.32 Å². The molecule has 0 bridgehead atoms. The maximum atomic E-state index is 5.86. The van der Waals surface area contributed by atoms with Gasteiger partial charge in [-0.1, -0.05) is 16.8 Å². The summed E-state index contributed by atoms with van der Waals surface area (Å²) in [5.74, 6) is 1.95. The molecule has 0 spiro atoms. The number of pyridine rings is 1. The molecule has 0 radical (unpaired) electrons. The quantitative estimate of drug-likeness (QED) is 0.719. The van der Waals surface area contributed by atoms with E-state index in [2.05, 4.69) is 36.4 Å². The molecule has 2 heterocycles. The van der Waals surface area contributed by atoms with Gasteiger partial charge in [0.05, 0.1) is 0 Å². The molecule has 112 valence electrons. The fourth-order valence-electron chi connectivity index (χ4n) is 1.85. The van der Waals surface area contributed by atoms with Crippen LogP contribution in [0.1, 0.15) is 5.89 Å². The average molecular weight is 380 g/mol. The lowest BCUT2D eigenvalue weighted by atomic mass is 10.2. The molecule has 1 N–H and O–H groups in total. The topological polar surface area (TPSA) is 63.8 Å². The van der Waals surface area contributed by atoms with Gasteiger partial charge in [-0.05, 0) is 52.3 Å². The summed E-state index contributed by atoms with van der Waals surface area (Å²) in [7, 11) is 0. The molecule has 0 saturated heterocycles. The van der Waals surface area contributed by atoms with Crippen molar-refractivity contribution in [3.8, 4) is 11.4 Å².